The molecule has 8 heteroatoms. The van der Waals surface area contributed by atoms with Gasteiger partial charge in [0, 0.05) is 6.04 Å². The highest BCUT2D eigenvalue weighted by atomic mass is 35.5. The zero-order valence-corrected chi connectivity index (χ0v) is 14.4. The van der Waals surface area contributed by atoms with Gasteiger partial charge in [0.05, 0.1) is 17.0 Å². The van der Waals surface area contributed by atoms with Gasteiger partial charge < -0.3 is 4.57 Å². The van der Waals surface area contributed by atoms with Crippen LogP contribution in [0.25, 0.3) is 11.2 Å². The van der Waals surface area contributed by atoms with E-state index in [1.54, 1.807) is 12.4 Å². The van der Waals surface area contributed by atoms with Crippen LogP contribution in [0.1, 0.15) is 31.7 Å². The zero-order chi connectivity index (χ0) is 16.7. The summed E-state index contributed by atoms with van der Waals surface area (Å²) >= 11 is 12.4. The summed E-state index contributed by atoms with van der Waals surface area (Å²) < 4.78 is 2.08. The lowest BCUT2D eigenvalue weighted by molar-refractivity contribution is 0.529. The number of hydrogen-bond acceptors (Lipinski definition) is 5. The largest absolute Gasteiger partial charge is 0.312 e. The molecular formula is C16H16Cl2N6. The Morgan fingerprint density at radius 1 is 1.12 bits per heavy atom. The van der Waals surface area contributed by atoms with Crippen molar-refractivity contribution in [3.05, 3.63) is 40.9 Å². The number of imidazole rings is 1. The number of aromatic nitrogens is 4. The topological polar surface area (TPSA) is 72.9 Å². The van der Waals surface area contributed by atoms with Crippen molar-refractivity contribution in [2.24, 2.45) is 5.84 Å². The van der Waals surface area contributed by atoms with Gasteiger partial charge in [0.25, 0.3) is 0 Å². The fourth-order valence-electron chi connectivity index (χ4n) is 3.25. The van der Waals surface area contributed by atoms with Crippen LogP contribution in [0.3, 0.4) is 0 Å². The van der Waals surface area contributed by atoms with Crippen molar-refractivity contribution in [1.29, 1.82) is 0 Å². The number of nitrogens with zero attached hydrogens (tertiary/aromatic N) is 5. The molecule has 4 rings (SSSR count). The third kappa shape index (κ3) is 2.60. The van der Waals surface area contributed by atoms with Gasteiger partial charge in [0.15, 0.2) is 17.0 Å². The third-order valence-electron chi connectivity index (χ3n) is 4.43. The molecule has 1 aliphatic rings. The van der Waals surface area contributed by atoms with Crippen LogP contribution in [0.2, 0.25) is 10.3 Å². The van der Waals surface area contributed by atoms with Crippen LogP contribution >= 0.6 is 23.2 Å². The summed E-state index contributed by atoms with van der Waals surface area (Å²) in [4.78, 5) is 13.2. The molecule has 1 fully saturated rings. The summed E-state index contributed by atoms with van der Waals surface area (Å²) in [5.74, 6) is 6.71. The van der Waals surface area contributed by atoms with E-state index in [4.69, 9.17) is 29.0 Å². The van der Waals surface area contributed by atoms with Gasteiger partial charge in [0.1, 0.15) is 0 Å². The molecule has 1 saturated carbocycles. The molecule has 0 amide bonds. The standard InChI is InChI=1S/C16H16Cl2N6/c17-11-7-3-4-8-12(11)24(19)15-13-14(21-16(18)22-15)23(9-20-13)10-5-1-2-6-10/h3-4,7-10H,1-2,5-6,19H2. The molecule has 1 aromatic carbocycles. The maximum atomic E-state index is 6.27. The minimum Gasteiger partial charge on any atom is -0.312 e. The Balaban J connectivity index is 1.85. The van der Waals surface area contributed by atoms with Crippen LogP contribution in [0.5, 0.6) is 0 Å². The zero-order valence-electron chi connectivity index (χ0n) is 12.9. The molecule has 24 heavy (non-hydrogen) atoms. The van der Waals surface area contributed by atoms with Crippen LogP contribution < -0.4 is 10.9 Å². The second kappa shape index (κ2) is 6.20. The molecule has 124 valence electrons. The van der Waals surface area contributed by atoms with Crippen LogP contribution in [0.4, 0.5) is 11.5 Å². The van der Waals surface area contributed by atoms with Gasteiger partial charge in [0.2, 0.25) is 5.28 Å². The molecule has 0 radical (unpaired) electrons. The first-order valence-electron chi connectivity index (χ1n) is 7.84. The summed E-state index contributed by atoms with van der Waals surface area (Å²) in [6.45, 7) is 0. The summed E-state index contributed by atoms with van der Waals surface area (Å²) in [6.07, 6.45) is 6.49. The fraction of sp³-hybridized carbons (Fsp3) is 0.312. The highest BCUT2D eigenvalue weighted by Gasteiger charge is 2.23. The number of anilines is 2. The summed E-state index contributed by atoms with van der Waals surface area (Å²) in [7, 11) is 0. The molecule has 1 aliphatic carbocycles. The quantitative estimate of drug-likeness (QED) is 0.428. The molecule has 6 nitrogen and oxygen atoms in total. The number of hydrazine groups is 1. The maximum Gasteiger partial charge on any atom is 0.226 e. The van der Waals surface area contributed by atoms with Crippen molar-refractivity contribution in [3.8, 4) is 0 Å². The van der Waals surface area contributed by atoms with Crippen molar-refractivity contribution in [3.63, 3.8) is 0 Å². The van der Waals surface area contributed by atoms with E-state index in [0.29, 0.717) is 33.7 Å². The lowest BCUT2D eigenvalue weighted by Gasteiger charge is -2.19. The lowest BCUT2D eigenvalue weighted by atomic mass is 10.2. The van der Waals surface area contributed by atoms with Crippen molar-refractivity contribution in [2.45, 2.75) is 31.7 Å². The number of hydrogen-bond donors (Lipinski definition) is 1. The fourth-order valence-corrected chi connectivity index (χ4v) is 3.64. The van der Waals surface area contributed by atoms with Gasteiger partial charge in [-0.2, -0.15) is 9.97 Å². The van der Waals surface area contributed by atoms with Gasteiger partial charge in [-0.25, -0.2) is 10.8 Å². The number of benzene rings is 1. The minimum absolute atomic E-state index is 0.139. The smallest absolute Gasteiger partial charge is 0.226 e. The van der Waals surface area contributed by atoms with E-state index in [9.17, 15) is 0 Å². The maximum absolute atomic E-state index is 6.27. The summed E-state index contributed by atoms with van der Waals surface area (Å²) in [6, 6.07) is 7.70. The molecular weight excluding hydrogens is 347 g/mol. The number of halogens is 2. The van der Waals surface area contributed by atoms with Crippen molar-refractivity contribution in [1.82, 2.24) is 19.5 Å². The van der Waals surface area contributed by atoms with Crippen molar-refractivity contribution < 1.29 is 0 Å². The van der Waals surface area contributed by atoms with Gasteiger partial charge in [-0.05, 0) is 36.6 Å². The number of nitrogens with two attached hydrogens (primary N) is 1. The minimum atomic E-state index is 0.139. The van der Waals surface area contributed by atoms with E-state index < -0.39 is 0 Å². The van der Waals surface area contributed by atoms with Crippen LogP contribution in [0, 0.1) is 0 Å². The predicted octanol–water partition coefficient (Wildman–Crippen LogP) is 4.26. The van der Waals surface area contributed by atoms with Gasteiger partial charge in [-0.1, -0.05) is 36.6 Å². The second-order valence-electron chi connectivity index (χ2n) is 5.90. The molecule has 2 aromatic heterocycles. The summed E-state index contributed by atoms with van der Waals surface area (Å²) in [5, 5.41) is 2.07. The highest BCUT2D eigenvalue weighted by molar-refractivity contribution is 6.33. The molecule has 0 atom stereocenters. The molecule has 0 aliphatic heterocycles. The molecule has 2 heterocycles. The Morgan fingerprint density at radius 3 is 2.62 bits per heavy atom. The first-order chi connectivity index (χ1) is 11.6. The van der Waals surface area contributed by atoms with E-state index in [-0.39, 0.29) is 5.28 Å². The molecule has 0 bridgehead atoms. The highest BCUT2D eigenvalue weighted by Crippen LogP contribution is 2.35. The monoisotopic (exact) mass is 362 g/mol. The van der Waals surface area contributed by atoms with Gasteiger partial charge in [-0.15, -0.1) is 0 Å². The Labute approximate surface area is 149 Å². The Morgan fingerprint density at radius 2 is 1.88 bits per heavy atom. The van der Waals surface area contributed by atoms with Crippen LogP contribution in [-0.2, 0) is 0 Å². The number of fused-ring (bicyclic) bond motifs is 1. The van der Waals surface area contributed by atoms with Crippen molar-refractivity contribution >= 4 is 45.9 Å². The first-order valence-corrected chi connectivity index (χ1v) is 8.60. The number of para-hydroxylation sites is 1. The Hall–Kier alpha value is -1.89. The normalized spacial score (nSPS) is 15.3. The molecule has 0 unspecified atom stereocenters. The summed E-state index contributed by atoms with van der Waals surface area (Å²) in [5.41, 5.74) is 1.96. The van der Waals surface area contributed by atoms with E-state index in [1.165, 1.54) is 17.9 Å². The molecule has 3 aromatic rings. The van der Waals surface area contributed by atoms with E-state index in [1.807, 2.05) is 18.2 Å². The van der Waals surface area contributed by atoms with Crippen LogP contribution in [0.15, 0.2) is 30.6 Å². The van der Waals surface area contributed by atoms with Crippen LogP contribution in [-0.4, -0.2) is 19.5 Å². The SMILES string of the molecule is NN(c1ccccc1Cl)c1nc(Cl)nc2c1ncn2C1CCCC1. The number of rotatable bonds is 3. The van der Waals surface area contributed by atoms with Gasteiger partial charge in [-0.3, -0.25) is 5.01 Å². The lowest BCUT2D eigenvalue weighted by Crippen LogP contribution is -2.27. The average molecular weight is 363 g/mol. The predicted molar refractivity (Wildman–Crippen MR) is 95.6 cm³/mol. The third-order valence-corrected chi connectivity index (χ3v) is 4.92. The van der Waals surface area contributed by atoms with E-state index in [2.05, 4.69) is 19.5 Å². The first kappa shape index (κ1) is 15.6. The Kier molecular flexibility index (Phi) is 4.04. The average Bonchev–Trinajstić information content (AvgIpc) is 3.22. The van der Waals surface area contributed by atoms with E-state index in [0.717, 1.165) is 12.8 Å². The Bertz CT molecular complexity index is 887. The second-order valence-corrected chi connectivity index (χ2v) is 6.65. The van der Waals surface area contributed by atoms with E-state index >= 15 is 0 Å². The van der Waals surface area contributed by atoms with Gasteiger partial charge >= 0.3 is 0 Å². The molecule has 0 spiro atoms. The molecule has 0 saturated heterocycles. The van der Waals surface area contributed by atoms with Crippen molar-refractivity contribution in [2.75, 3.05) is 5.01 Å². The molecule has 2 N–H and O–H groups in total.